The van der Waals surface area contributed by atoms with Crippen molar-refractivity contribution in [1.29, 1.82) is 0 Å². The number of ether oxygens (including phenoxy) is 1. The molecule has 0 aromatic heterocycles. The number of likely N-dealkylation sites (N-methyl/N-ethyl adjacent to an activating group) is 1. The average molecular weight is 1250 g/mol. The van der Waals surface area contributed by atoms with Crippen LogP contribution in [0.15, 0.2) is 36.5 Å². The molecule has 0 radical (unpaired) electrons. The van der Waals surface area contributed by atoms with Gasteiger partial charge >= 0.3 is 5.97 Å². The molecule has 1 N–H and O–H groups in total. The van der Waals surface area contributed by atoms with Gasteiger partial charge in [-0.2, -0.15) is 0 Å². The van der Waals surface area contributed by atoms with Gasteiger partial charge in [0.2, 0.25) is 5.91 Å². The van der Waals surface area contributed by atoms with Crippen molar-refractivity contribution in [2.45, 2.75) is 405 Å². The summed E-state index contributed by atoms with van der Waals surface area (Å²) in [5.41, 5.74) is 0. The van der Waals surface area contributed by atoms with Crippen molar-refractivity contribution in [2.24, 2.45) is 0 Å². The van der Waals surface area contributed by atoms with E-state index in [1.165, 1.54) is 302 Å². The Morgan fingerprint density at radius 2 is 0.667 bits per heavy atom. The van der Waals surface area contributed by atoms with Gasteiger partial charge in [-0.1, -0.05) is 334 Å². The van der Waals surface area contributed by atoms with Gasteiger partial charge in [0.05, 0.1) is 33.8 Å². The summed E-state index contributed by atoms with van der Waals surface area (Å²) in [6.45, 7) is 6.91. The van der Waals surface area contributed by atoms with Gasteiger partial charge in [-0.15, -0.1) is 0 Å². The molecular weight excluding hydrogens is 1100 g/mol. The summed E-state index contributed by atoms with van der Waals surface area (Å²) in [5, 5.41) is 3.06. The van der Waals surface area contributed by atoms with E-state index in [-0.39, 0.29) is 31.5 Å². The number of nitrogens with zero attached hydrogens (tertiary/aromatic N) is 1. The molecule has 0 rings (SSSR count). The first kappa shape index (κ1) is 85.2. The van der Waals surface area contributed by atoms with Crippen molar-refractivity contribution in [3.05, 3.63) is 36.5 Å². The van der Waals surface area contributed by atoms with Crippen LogP contribution in [-0.4, -0.2) is 69.4 Å². The lowest BCUT2D eigenvalue weighted by molar-refractivity contribution is -0.870. The number of carbonyl (C=O) groups excluding carboxylic acids is 2. The zero-order chi connectivity index (χ0) is 63.5. The van der Waals surface area contributed by atoms with Crippen LogP contribution in [0, 0.1) is 0 Å². The number of hydrogen-bond acceptors (Lipinski definition) is 7. The van der Waals surface area contributed by atoms with Gasteiger partial charge in [-0.25, -0.2) is 0 Å². The predicted molar refractivity (Wildman–Crippen MR) is 376 cm³/mol. The Hall–Kier alpha value is -1.77. The molecule has 9 nitrogen and oxygen atoms in total. The lowest BCUT2D eigenvalue weighted by Gasteiger charge is -2.30. The molecule has 0 bridgehead atoms. The minimum atomic E-state index is -4.70. The number of phosphoric acid groups is 1. The van der Waals surface area contributed by atoms with Gasteiger partial charge in [-0.05, 0) is 83.1 Å². The maximum atomic E-state index is 13.6. The highest BCUT2D eigenvalue weighted by molar-refractivity contribution is 7.45. The molecule has 0 heterocycles. The van der Waals surface area contributed by atoms with E-state index in [0.717, 1.165) is 57.8 Å². The summed E-state index contributed by atoms with van der Waals surface area (Å²) in [6, 6.07) is -0.886. The Labute approximate surface area is 542 Å². The third-order valence-electron chi connectivity index (χ3n) is 17.5. The molecular formula is C77H149N2O7P. The van der Waals surface area contributed by atoms with Crippen molar-refractivity contribution in [2.75, 3.05) is 40.9 Å². The van der Waals surface area contributed by atoms with E-state index in [1.807, 2.05) is 33.3 Å². The fourth-order valence-corrected chi connectivity index (χ4v) is 12.4. The maximum Gasteiger partial charge on any atom is 0.306 e. The largest absolute Gasteiger partial charge is 0.756 e. The first-order valence-corrected chi connectivity index (χ1v) is 39.8. The van der Waals surface area contributed by atoms with E-state index < -0.39 is 20.0 Å². The molecule has 0 aromatic rings. The van der Waals surface area contributed by atoms with Crippen LogP contribution in [0.3, 0.4) is 0 Å². The molecule has 3 atom stereocenters. The first-order chi connectivity index (χ1) is 42.4. The molecule has 0 aliphatic heterocycles. The van der Waals surface area contributed by atoms with Crippen LogP contribution in [0.2, 0.25) is 0 Å². The topological polar surface area (TPSA) is 114 Å². The molecule has 3 unspecified atom stereocenters. The number of carbonyl (C=O) groups is 2. The van der Waals surface area contributed by atoms with Gasteiger partial charge in [0, 0.05) is 12.8 Å². The highest BCUT2D eigenvalue weighted by Gasteiger charge is 2.27. The van der Waals surface area contributed by atoms with Crippen LogP contribution in [0.25, 0.3) is 0 Å². The Bertz CT molecular complexity index is 1580. The fourth-order valence-electron chi connectivity index (χ4n) is 11.6. The van der Waals surface area contributed by atoms with E-state index in [2.05, 4.69) is 50.4 Å². The molecule has 0 aliphatic rings. The molecule has 0 aliphatic carbocycles. The summed E-state index contributed by atoms with van der Waals surface area (Å²) in [4.78, 5) is 40.3. The SMILES string of the molecule is CCCCCCCC/C=C/CCCCCCCCCCCCCCCCCCCC(=O)NC(COP(=O)([O-])OCC[N+](C)(C)C)C(/C=C\CCCCCCCCCCCCC)OC(=O)CCCCCCCCCCCCC/C=C/CCCCCCCC. The van der Waals surface area contributed by atoms with Gasteiger partial charge in [0.25, 0.3) is 7.82 Å². The van der Waals surface area contributed by atoms with Crippen LogP contribution in [0.1, 0.15) is 393 Å². The third-order valence-corrected chi connectivity index (χ3v) is 18.5. The number of allylic oxidation sites excluding steroid dienone is 5. The van der Waals surface area contributed by atoms with Crippen LogP contribution >= 0.6 is 7.82 Å². The summed E-state index contributed by atoms with van der Waals surface area (Å²) >= 11 is 0. The molecule has 0 spiro atoms. The summed E-state index contributed by atoms with van der Waals surface area (Å²) < 4.78 is 30.5. The van der Waals surface area contributed by atoms with E-state index in [0.29, 0.717) is 17.4 Å². The second kappa shape index (κ2) is 67.1. The van der Waals surface area contributed by atoms with Crippen LogP contribution in [0.4, 0.5) is 0 Å². The summed E-state index contributed by atoms with van der Waals surface area (Å²) in [7, 11) is 1.21. The monoisotopic (exact) mass is 1250 g/mol. The smallest absolute Gasteiger partial charge is 0.306 e. The van der Waals surface area contributed by atoms with E-state index in [4.69, 9.17) is 13.8 Å². The average Bonchev–Trinajstić information content (AvgIpc) is 3.69. The third kappa shape index (κ3) is 68.4. The van der Waals surface area contributed by atoms with E-state index in [1.54, 1.807) is 0 Å². The van der Waals surface area contributed by atoms with E-state index in [9.17, 15) is 19.0 Å². The number of nitrogens with one attached hydrogen (secondary N) is 1. The van der Waals surface area contributed by atoms with Crippen molar-refractivity contribution in [3.63, 3.8) is 0 Å². The zero-order valence-electron chi connectivity index (χ0n) is 59.0. The summed E-state index contributed by atoms with van der Waals surface area (Å²) in [5.74, 6) is -0.519. The van der Waals surface area contributed by atoms with Crippen LogP contribution < -0.4 is 10.2 Å². The second-order valence-electron chi connectivity index (χ2n) is 27.5. The normalized spacial score (nSPS) is 13.6. The molecule has 87 heavy (non-hydrogen) atoms. The van der Waals surface area contributed by atoms with Crippen molar-refractivity contribution in [1.82, 2.24) is 5.32 Å². The molecule has 0 saturated heterocycles. The number of hydrogen-bond donors (Lipinski definition) is 1. The quantitative estimate of drug-likeness (QED) is 0.0212. The lowest BCUT2D eigenvalue weighted by Crippen LogP contribution is -2.47. The molecule has 0 aromatic carbocycles. The minimum Gasteiger partial charge on any atom is -0.756 e. The van der Waals surface area contributed by atoms with Gasteiger partial charge in [-0.3, -0.25) is 14.2 Å². The first-order valence-electron chi connectivity index (χ1n) is 38.3. The van der Waals surface area contributed by atoms with Crippen LogP contribution in [-0.2, 0) is 27.9 Å². The van der Waals surface area contributed by atoms with Crippen molar-refractivity contribution in [3.8, 4) is 0 Å². The molecule has 514 valence electrons. The Kier molecular flexibility index (Phi) is 65.8. The predicted octanol–water partition coefficient (Wildman–Crippen LogP) is 23.9. The lowest BCUT2D eigenvalue weighted by atomic mass is 10.0. The number of rotatable bonds is 71. The standard InChI is InChI=1S/C77H149N2O7P/c1-7-10-13-16-19-22-25-28-30-32-34-36-37-38-39-40-41-43-44-46-48-51-54-57-60-63-66-69-76(80)78-74(73-85-87(82,83)84-72-71-79(4,5)6)75(68-65-62-59-56-53-50-27-24-21-18-15-12-9-3)86-77(81)70-67-64-61-58-55-52-49-47-45-42-35-33-31-29-26-23-20-17-14-11-8-2/h28-31,65,68,74-75H,7-27,32-64,66-67,69-73H2,1-6H3,(H-,78,80,82,83)/b30-28+,31-29+,68-65-. The number of quaternary nitrogens is 1. The van der Waals surface area contributed by atoms with Gasteiger partial charge in [0.15, 0.2) is 0 Å². The molecule has 1 amide bonds. The Balaban J connectivity index is 4.97. The fraction of sp³-hybridized carbons (Fsp3) is 0.896. The zero-order valence-corrected chi connectivity index (χ0v) is 59.9. The second-order valence-corrected chi connectivity index (χ2v) is 28.9. The van der Waals surface area contributed by atoms with Crippen LogP contribution in [0.5, 0.6) is 0 Å². The van der Waals surface area contributed by atoms with Crippen molar-refractivity contribution >= 4 is 19.7 Å². The number of amides is 1. The summed E-state index contributed by atoms with van der Waals surface area (Å²) in [6.07, 6.45) is 84.2. The molecule has 0 fully saturated rings. The maximum absolute atomic E-state index is 13.6. The number of phosphoric ester groups is 1. The van der Waals surface area contributed by atoms with Gasteiger partial charge in [0.1, 0.15) is 19.3 Å². The van der Waals surface area contributed by atoms with Crippen molar-refractivity contribution < 1.29 is 37.3 Å². The number of unbranched alkanes of at least 4 members (excludes halogenated alkanes) is 51. The minimum absolute atomic E-state index is 0.0192. The van der Waals surface area contributed by atoms with Gasteiger partial charge < -0.3 is 28.5 Å². The van der Waals surface area contributed by atoms with E-state index >= 15 is 0 Å². The highest BCUT2D eigenvalue weighted by atomic mass is 31.2. The molecule has 0 saturated carbocycles. The number of esters is 1. The molecule has 10 heteroatoms. The Morgan fingerprint density at radius 1 is 0.391 bits per heavy atom. The highest BCUT2D eigenvalue weighted by Crippen LogP contribution is 2.38. The Morgan fingerprint density at radius 3 is 0.977 bits per heavy atom.